The molecular weight excluding hydrogens is 119 g/mol. The van der Waals surface area contributed by atoms with E-state index in [1.54, 1.807) is 0 Å². The maximum absolute atomic E-state index is 4.76. The lowest BCUT2D eigenvalue weighted by Gasteiger charge is -1.48. The van der Waals surface area contributed by atoms with E-state index in [1.165, 1.54) is 6.42 Å². The normalized spacial score (nSPS) is 6.00. The molecule has 0 fully saturated rings. The van der Waals surface area contributed by atoms with Crippen molar-refractivity contribution in [2.45, 2.75) is 20.3 Å². The predicted molar refractivity (Wildman–Crippen MR) is 32.5 cm³/mol. The Morgan fingerprint density at radius 1 is 1.17 bits per heavy atom. The molecule has 0 unspecified atom stereocenters. The first-order valence-corrected chi connectivity index (χ1v) is 3.02. The Hall–Kier alpha value is 0.580. The van der Waals surface area contributed by atoms with Gasteiger partial charge in [-0.25, -0.2) is 0 Å². The second-order valence-electron chi connectivity index (χ2n) is 0.808. The fraction of sp³-hybridized carbons (Fsp3) is 1.00. The van der Waals surface area contributed by atoms with Crippen LogP contribution in [0.25, 0.3) is 0 Å². The zero-order valence-corrected chi connectivity index (χ0v) is 5.68. The minimum Gasteiger partial charge on any atom is -0.109 e. The van der Waals surface area contributed by atoms with Gasteiger partial charge in [-0.1, -0.05) is 20.3 Å². The van der Waals surface area contributed by atoms with Gasteiger partial charge < -0.3 is 0 Å². The van der Waals surface area contributed by atoms with Gasteiger partial charge in [0.1, 0.15) is 0 Å². The van der Waals surface area contributed by atoms with Gasteiger partial charge in [-0.3, -0.25) is 0 Å². The van der Waals surface area contributed by atoms with Crippen LogP contribution < -0.4 is 0 Å². The SMILES string of the molecule is CCC.ClCCl. The van der Waals surface area contributed by atoms with Crippen LogP contribution in [-0.4, -0.2) is 5.34 Å². The van der Waals surface area contributed by atoms with Crippen LogP contribution in [0, 0.1) is 0 Å². The smallest absolute Gasteiger partial charge is 0.0967 e. The molecule has 0 spiro atoms. The first-order valence-electron chi connectivity index (χ1n) is 1.95. The van der Waals surface area contributed by atoms with E-state index < -0.39 is 0 Å². The average molecular weight is 129 g/mol. The molecule has 0 saturated heterocycles. The molecule has 0 aromatic rings. The predicted octanol–water partition coefficient (Wildman–Crippen LogP) is 2.84. The zero-order chi connectivity index (χ0) is 5.41. The first-order chi connectivity index (χ1) is 2.83. The third kappa shape index (κ3) is 174. The summed E-state index contributed by atoms with van der Waals surface area (Å²) in [4.78, 5) is 0. The second-order valence-corrected chi connectivity index (χ2v) is 1.62. The van der Waals surface area contributed by atoms with Gasteiger partial charge in [0.15, 0.2) is 0 Å². The molecule has 0 atom stereocenters. The highest BCUT2D eigenvalue weighted by Gasteiger charge is 1.41. The third-order valence-electron chi connectivity index (χ3n) is 0. The Labute approximate surface area is 49.4 Å². The van der Waals surface area contributed by atoms with Crippen LogP contribution in [0.5, 0.6) is 0 Å². The number of halogens is 2. The van der Waals surface area contributed by atoms with Crippen molar-refractivity contribution < 1.29 is 0 Å². The Balaban J connectivity index is 0. The van der Waals surface area contributed by atoms with Gasteiger partial charge in [-0.15, -0.1) is 23.2 Å². The van der Waals surface area contributed by atoms with E-state index in [0.717, 1.165) is 0 Å². The third-order valence-corrected chi connectivity index (χ3v) is 0. The fourth-order valence-electron chi connectivity index (χ4n) is 0. The van der Waals surface area contributed by atoms with Crippen molar-refractivity contribution in [1.82, 2.24) is 0 Å². The highest BCUT2D eigenvalue weighted by molar-refractivity contribution is 6.40. The topological polar surface area (TPSA) is 0 Å². The van der Waals surface area contributed by atoms with Gasteiger partial charge in [0, 0.05) is 0 Å². The summed E-state index contributed by atoms with van der Waals surface area (Å²) in [6, 6.07) is 0. The molecule has 0 saturated carbocycles. The maximum atomic E-state index is 4.76. The molecule has 40 valence electrons. The molecule has 0 radical (unpaired) electrons. The van der Waals surface area contributed by atoms with Crippen LogP contribution in [0.3, 0.4) is 0 Å². The standard InChI is InChI=1S/C3H8.CH2Cl2/c1-3-2;2-1-3/h3H2,1-2H3;1H2. The van der Waals surface area contributed by atoms with E-state index in [4.69, 9.17) is 23.2 Å². The maximum Gasteiger partial charge on any atom is 0.0967 e. The summed E-state index contributed by atoms with van der Waals surface area (Å²) >= 11 is 9.53. The summed E-state index contributed by atoms with van der Waals surface area (Å²) in [5.74, 6) is 0. The molecule has 2 heteroatoms. The lowest BCUT2D eigenvalue weighted by Crippen LogP contribution is -1.27. The molecular formula is C4H10Cl2. The van der Waals surface area contributed by atoms with Crippen molar-refractivity contribution in [2.75, 3.05) is 5.34 Å². The Kier molecular flexibility index (Phi) is 28.6. The molecule has 6 heavy (non-hydrogen) atoms. The van der Waals surface area contributed by atoms with Crippen LogP contribution in [0.1, 0.15) is 20.3 Å². The van der Waals surface area contributed by atoms with Crippen LogP contribution in [0.2, 0.25) is 0 Å². The van der Waals surface area contributed by atoms with Crippen molar-refractivity contribution in [3.8, 4) is 0 Å². The molecule has 0 aliphatic rings. The molecule has 0 aromatic heterocycles. The molecule has 0 nitrogen and oxygen atoms in total. The summed E-state index contributed by atoms with van der Waals surface area (Å²) < 4.78 is 0. The molecule has 0 N–H and O–H groups in total. The van der Waals surface area contributed by atoms with Crippen LogP contribution in [-0.2, 0) is 0 Å². The van der Waals surface area contributed by atoms with Crippen molar-refractivity contribution in [3.63, 3.8) is 0 Å². The van der Waals surface area contributed by atoms with E-state index in [9.17, 15) is 0 Å². The summed E-state index contributed by atoms with van der Waals surface area (Å²) in [5.41, 5.74) is 0. The fourth-order valence-corrected chi connectivity index (χ4v) is 0. The van der Waals surface area contributed by atoms with E-state index in [-0.39, 0.29) is 5.34 Å². The number of hydrogen-bond donors (Lipinski definition) is 0. The largest absolute Gasteiger partial charge is 0.109 e. The van der Waals surface area contributed by atoms with Crippen molar-refractivity contribution in [2.24, 2.45) is 0 Å². The second kappa shape index (κ2) is 17.6. The van der Waals surface area contributed by atoms with E-state index in [1.807, 2.05) is 0 Å². The quantitative estimate of drug-likeness (QED) is 0.441. The van der Waals surface area contributed by atoms with Crippen LogP contribution in [0.15, 0.2) is 0 Å². The Bertz CT molecular complexity index is 7.51. The molecule has 0 rings (SSSR count). The Morgan fingerprint density at radius 2 is 1.17 bits per heavy atom. The average Bonchev–Trinajstić information content (AvgIpc) is 1.39. The molecule has 0 aromatic carbocycles. The van der Waals surface area contributed by atoms with Gasteiger partial charge in [-0.2, -0.15) is 0 Å². The zero-order valence-electron chi connectivity index (χ0n) is 4.17. The van der Waals surface area contributed by atoms with Crippen molar-refractivity contribution >= 4 is 23.2 Å². The number of alkyl halides is 2. The van der Waals surface area contributed by atoms with Crippen molar-refractivity contribution in [1.29, 1.82) is 0 Å². The summed E-state index contributed by atoms with van der Waals surface area (Å²) in [5, 5.41) is 0.194. The molecule has 0 amide bonds. The molecule has 0 aliphatic carbocycles. The Morgan fingerprint density at radius 3 is 1.17 bits per heavy atom. The number of hydrogen-bond acceptors (Lipinski definition) is 0. The lowest BCUT2D eigenvalue weighted by atomic mass is 10.6. The summed E-state index contributed by atoms with van der Waals surface area (Å²) in [7, 11) is 0. The summed E-state index contributed by atoms with van der Waals surface area (Å²) in [6.45, 7) is 4.25. The molecule has 0 aliphatic heterocycles. The van der Waals surface area contributed by atoms with Gasteiger partial charge >= 0.3 is 0 Å². The molecule has 0 heterocycles. The van der Waals surface area contributed by atoms with Crippen LogP contribution in [0.4, 0.5) is 0 Å². The summed E-state index contributed by atoms with van der Waals surface area (Å²) in [6.07, 6.45) is 1.25. The molecule has 0 bridgehead atoms. The minimum absolute atomic E-state index is 0.194. The van der Waals surface area contributed by atoms with E-state index in [2.05, 4.69) is 13.8 Å². The lowest BCUT2D eigenvalue weighted by molar-refractivity contribution is 1.09. The van der Waals surface area contributed by atoms with Crippen molar-refractivity contribution in [3.05, 3.63) is 0 Å². The van der Waals surface area contributed by atoms with Gasteiger partial charge in [0.05, 0.1) is 5.34 Å². The minimum atomic E-state index is 0.194. The van der Waals surface area contributed by atoms with E-state index >= 15 is 0 Å². The van der Waals surface area contributed by atoms with Gasteiger partial charge in [-0.05, 0) is 0 Å². The highest BCUT2D eigenvalue weighted by atomic mass is 35.5. The van der Waals surface area contributed by atoms with Gasteiger partial charge in [0.25, 0.3) is 0 Å². The van der Waals surface area contributed by atoms with Gasteiger partial charge in [0.2, 0.25) is 0 Å². The first kappa shape index (κ1) is 9.77. The van der Waals surface area contributed by atoms with Crippen LogP contribution >= 0.6 is 23.2 Å². The monoisotopic (exact) mass is 128 g/mol. The van der Waals surface area contributed by atoms with E-state index in [0.29, 0.717) is 0 Å². The highest BCUT2D eigenvalue weighted by Crippen LogP contribution is 1.73. The number of rotatable bonds is 0.